The van der Waals surface area contributed by atoms with Gasteiger partial charge in [-0.1, -0.05) is 6.92 Å². The third-order valence-corrected chi connectivity index (χ3v) is 2.19. The van der Waals surface area contributed by atoms with Crippen LogP contribution in [0.5, 0.6) is 0 Å². The van der Waals surface area contributed by atoms with Gasteiger partial charge in [-0.25, -0.2) is 0 Å². The number of hydrogen-bond acceptors (Lipinski definition) is 1. The largest absolute Gasteiger partial charge is 0.291 e. The second-order valence-corrected chi connectivity index (χ2v) is 3.99. The van der Waals surface area contributed by atoms with Crippen molar-refractivity contribution in [1.82, 2.24) is 0 Å². The smallest absolute Gasteiger partial charge is 0.0442 e. The van der Waals surface area contributed by atoms with Crippen LogP contribution in [-0.4, -0.2) is 11.8 Å². The predicted octanol–water partition coefficient (Wildman–Crippen LogP) is 3.05. The van der Waals surface area contributed by atoms with Gasteiger partial charge in [0.05, 0.1) is 0 Å². The predicted molar refractivity (Wildman–Crippen MR) is 50.2 cm³/mol. The molecule has 0 saturated heterocycles. The van der Waals surface area contributed by atoms with Gasteiger partial charge in [0, 0.05) is 11.8 Å². The summed E-state index contributed by atoms with van der Waals surface area (Å²) in [7, 11) is 0. The van der Waals surface area contributed by atoms with Crippen LogP contribution in [0.4, 0.5) is 0 Å². The van der Waals surface area contributed by atoms with Crippen LogP contribution in [0, 0.1) is 5.92 Å². The van der Waals surface area contributed by atoms with Crippen molar-refractivity contribution in [3.63, 3.8) is 0 Å². The highest BCUT2D eigenvalue weighted by Crippen LogP contribution is 2.21. The maximum absolute atomic E-state index is 4.60. The number of rotatable bonds is 1. The van der Waals surface area contributed by atoms with Crippen molar-refractivity contribution in [2.24, 2.45) is 10.9 Å². The zero-order valence-corrected chi connectivity index (χ0v) is 7.93. The second kappa shape index (κ2) is 3.89. The van der Waals surface area contributed by atoms with Crippen LogP contribution in [0.3, 0.4) is 0 Å². The Labute approximate surface area is 69.9 Å². The molecule has 1 saturated carbocycles. The fourth-order valence-corrected chi connectivity index (χ4v) is 1.74. The third-order valence-electron chi connectivity index (χ3n) is 2.19. The molecule has 1 fully saturated rings. The standard InChI is InChI=1S/C10H19N/c1-8(2)11-10-6-4-5-9(3)7-10/h8-9H,4-7H2,1-3H3. The molecule has 1 rings (SSSR count). The molecule has 1 nitrogen and oxygen atoms in total. The molecule has 0 aliphatic heterocycles. The van der Waals surface area contributed by atoms with Crippen molar-refractivity contribution in [2.75, 3.05) is 0 Å². The summed E-state index contributed by atoms with van der Waals surface area (Å²) in [5, 5.41) is 0. The van der Waals surface area contributed by atoms with Crippen LogP contribution < -0.4 is 0 Å². The second-order valence-electron chi connectivity index (χ2n) is 3.99. The summed E-state index contributed by atoms with van der Waals surface area (Å²) >= 11 is 0. The molecule has 64 valence electrons. The minimum absolute atomic E-state index is 0.496. The fourth-order valence-electron chi connectivity index (χ4n) is 1.74. The van der Waals surface area contributed by atoms with Crippen LogP contribution >= 0.6 is 0 Å². The summed E-state index contributed by atoms with van der Waals surface area (Å²) in [6, 6.07) is 0.496. The quantitative estimate of drug-likeness (QED) is 0.549. The Morgan fingerprint density at radius 3 is 2.73 bits per heavy atom. The summed E-state index contributed by atoms with van der Waals surface area (Å²) < 4.78 is 0. The number of hydrogen-bond donors (Lipinski definition) is 0. The molecule has 0 heterocycles. The van der Waals surface area contributed by atoms with E-state index in [1.165, 1.54) is 31.4 Å². The highest BCUT2D eigenvalue weighted by molar-refractivity contribution is 5.85. The van der Waals surface area contributed by atoms with Crippen LogP contribution in [0.15, 0.2) is 4.99 Å². The zero-order chi connectivity index (χ0) is 8.27. The third kappa shape index (κ3) is 3.04. The first-order valence-electron chi connectivity index (χ1n) is 4.74. The van der Waals surface area contributed by atoms with E-state index in [0.29, 0.717) is 6.04 Å². The van der Waals surface area contributed by atoms with Crippen molar-refractivity contribution in [1.29, 1.82) is 0 Å². The summed E-state index contributed by atoms with van der Waals surface area (Å²) in [5.74, 6) is 0.876. The van der Waals surface area contributed by atoms with Gasteiger partial charge in [-0.3, -0.25) is 4.99 Å². The van der Waals surface area contributed by atoms with Crippen molar-refractivity contribution in [3.8, 4) is 0 Å². The van der Waals surface area contributed by atoms with Gasteiger partial charge in [0.15, 0.2) is 0 Å². The van der Waals surface area contributed by atoms with Crippen LogP contribution in [0.25, 0.3) is 0 Å². The lowest BCUT2D eigenvalue weighted by atomic mass is 9.89. The Morgan fingerprint density at radius 1 is 1.45 bits per heavy atom. The fraction of sp³-hybridized carbons (Fsp3) is 0.900. The summed E-state index contributed by atoms with van der Waals surface area (Å²) in [6.45, 7) is 6.65. The molecule has 0 spiro atoms. The Morgan fingerprint density at radius 2 is 2.18 bits per heavy atom. The molecule has 1 atom stereocenters. The molecule has 1 unspecified atom stereocenters. The van der Waals surface area contributed by atoms with E-state index in [0.717, 1.165) is 5.92 Å². The lowest BCUT2D eigenvalue weighted by Gasteiger charge is -2.19. The van der Waals surface area contributed by atoms with Gasteiger partial charge in [0.2, 0.25) is 0 Å². The van der Waals surface area contributed by atoms with E-state index >= 15 is 0 Å². The molecule has 0 aromatic rings. The first-order chi connectivity index (χ1) is 5.18. The minimum Gasteiger partial charge on any atom is -0.291 e. The maximum Gasteiger partial charge on any atom is 0.0442 e. The zero-order valence-electron chi connectivity index (χ0n) is 7.93. The van der Waals surface area contributed by atoms with E-state index < -0.39 is 0 Å². The molecule has 1 aliphatic rings. The molecule has 11 heavy (non-hydrogen) atoms. The Kier molecular flexibility index (Phi) is 3.10. The van der Waals surface area contributed by atoms with Gasteiger partial charge in [-0.2, -0.15) is 0 Å². The first kappa shape index (κ1) is 8.76. The van der Waals surface area contributed by atoms with E-state index in [1.807, 2.05) is 0 Å². The minimum atomic E-state index is 0.496. The Balaban J connectivity index is 2.45. The first-order valence-corrected chi connectivity index (χ1v) is 4.74. The maximum atomic E-state index is 4.60. The summed E-state index contributed by atoms with van der Waals surface area (Å²) in [4.78, 5) is 4.60. The van der Waals surface area contributed by atoms with E-state index in [4.69, 9.17) is 0 Å². The topological polar surface area (TPSA) is 12.4 Å². The van der Waals surface area contributed by atoms with E-state index in [1.54, 1.807) is 0 Å². The van der Waals surface area contributed by atoms with Crippen molar-refractivity contribution >= 4 is 5.71 Å². The van der Waals surface area contributed by atoms with Crippen molar-refractivity contribution in [3.05, 3.63) is 0 Å². The normalized spacial score (nSPS) is 29.8. The summed E-state index contributed by atoms with van der Waals surface area (Å²) in [5.41, 5.74) is 1.46. The van der Waals surface area contributed by atoms with Gasteiger partial charge in [-0.05, 0) is 45.4 Å². The van der Waals surface area contributed by atoms with Gasteiger partial charge in [0.1, 0.15) is 0 Å². The van der Waals surface area contributed by atoms with Gasteiger partial charge in [-0.15, -0.1) is 0 Å². The van der Waals surface area contributed by atoms with E-state index in [-0.39, 0.29) is 0 Å². The Bertz CT molecular complexity index is 147. The van der Waals surface area contributed by atoms with E-state index in [9.17, 15) is 0 Å². The molecular formula is C10H19N. The number of nitrogens with zero attached hydrogens (tertiary/aromatic N) is 1. The van der Waals surface area contributed by atoms with Crippen molar-refractivity contribution in [2.45, 2.75) is 52.5 Å². The highest BCUT2D eigenvalue weighted by atomic mass is 14.8. The lowest BCUT2D eigenvalue weighted by Crippen LogP contribution is -2.14. The van der Waals surface area contributed by atoms with E-state index in [2.05, 4.69) is 25.8 Å². The van der Waals surface area contributed by atoms with Gasteiger partial charge in [0.25, 0.3) is 0 Å². The SMILES string of the molecule is CC1CCCC(=NC(C)C)C1. The molecule has 0 aromatic carbocycles. The molecule has 0 amide bonds. The molecule has 0 bridgehead atoms. The van der Waals surface area contributed by atoms with Crippen LogP contribution in [0.1, 0.15) is 46.5 Å². The monoisotopic (exact) mass is 153 g/mol. The lowest BCUT2D eigenvalue weighted by molar-refractivity contribution is 0.497. The van der Waals surface area contributed by atoms with Gasteiger partial charge >= 0.3 is 0 Å². The van der Waals surface area contributed by atoms with Crippen molar-refractivity contribution < 1.29 is 0 Å². The number of aliphatic imine (C=N–C) groups is 1. The molecule has 0 radical (unpaired) electrons. The average Bonchev–Trinajstić information content (AvgIpc) is 1.85. The van der Waals surface area contributed by atoms with Crippen LogP contribution in [-0.2, 0) is 0 Å². The van der Waals surface area contributed by atoms with Crippen LogP contribution in [0.2, 0.25) is 0 Å². The van der Waals surface area contributed by atoms with Gasteiger partial charge < -0.3 is 0 Å². The Hall–Kier alpha value is -0.330. The molecule has 1 aliphatic carbocycles. The molecular weight excluding hydrogens is 134 g/mol. The summed E-state index contributed by atoms with van der Waals surface area (Å²) in [6.07, 6.45) is 5.25. The molecule has 1 heteroatoms. The average molecular weight is 153 g/mol. The molecule has 0 N–H and O–H groups in total. The highest BCUT2D eigenvalue weighted by Gasteiger charge is 2.13. The molecule has 0 aromatic heterocycles.